The van der Waals surface area contributed by atoms with Crippen LogP contribution in [0.1, 0.15) is 19.5 Å². The Morgan fingerprint density at radius 2 is 2.00 bits per heavy atom. The van der Waals surface area contributed by atoms with Gasteiger partial charge in [-0.05, 0) is 32.9 Å². The van der Waals surface area contributed by atoms with E-state index in [-0.39, 0.29) is 0 Å². The van der Waals surface area contributed by atoms with Gasteiger partial charge in [-0.1, -0.05) is 0 Å². The van der Waals surface area contributed by atoms with Crippen molar-refractivity contribution >= 4 is 5.69 Å². The number of hydrogen-bond acceptors (Lipinski definition) is 2. The van der Waals surface area contributed by atoms with Crippen molar-refractivity contribution in [2.75, 3.05) is 18.0 Å². The Bertz CT molecular complexity index is 241. The molecule has 0 N–H and O–H groups in total. The SMILES string of the molecule is CCN(CC)c1ccnc(C)c1. The fraction of sp³-hybridized carbons (Fsp3) is 0.500. The first kappa shape index (κ1) is 9.04. The summed E-state index contributed by atoms with van der Waals surface area (Å²) >= 11 is 0. The van der Waals surface area contributed by atoms with Crippen LogP contribution >= 0.6 is 0 Å². The molecule has 0 saturated heterocycles. The predicted octanol–water partition coefficient (Wildman–Crippen LogP) is 2.24. The Kier molecular flexibility index (Phi) is 3.09. The minimum atomic E-state index is 1.06. The van der Waals surface area contributed by atoms with Gasteiger partial charge in [-0.2, -0.15) is 0 Å². The molecular weight excluding hydrogens is 148 g/mol. The highest BCUT2D eigenvalue weighted by Crippen LogP contribution is 2.12. The predicted molar refractivity (Wildman–Crippen MR) is 52.5 cm³/mol. The normalized spacial score (nSPS) is 9.92. The van der Waals surface area contributed by atoms with Crippen LogP contribution in [0.5, 0.6) is 0 Å². The van der Waals surface area contributed by atoms with E-state index in [0.29, 0.717) is 0 Å². The second-order valence-electron chi connectivity index (χ2n) is 2.83. The lowest BCUT2D eigenvalue weighted by molar-refractivity contribution is 0.863. The van der Waals surface area contributed by atoms with Crippen molar-refractivity contribution in [3.8, 4) is 0 Å². The molecule has 1 aromatic heterocycles. The van der Waals surface area contributed by atoms with Gasteiger partial charge < -0.3 is 4.90 Å². The fourth-order valence-electron chi connectivity index (χ4n) is 1.32. The lowest BCUT2D eigenvalue weighted by Crippen LogP contribution is -2.21. The molecule has 1 rings (SSSR count). The maximum absolute atomic E-state index is 4.16. The summed E-state index contributed by atoms with van der Waals surface area (Å²) in [6, 6.07) is 4.17. The van der Waals surface area contributed by atoms with Gasteiger partial charge in [0.2, 0.25) is 0 Å². The molecule has 2 nitrogen and oxygen atoms in total. The van der Waals surface area contributed by atoms with Crippen molar-refractivity contribution in [2.45, 2.75) is 20.8 Å². The highest BCUT2D eigenvalue weighted by molar-refractivity contribution is 5.45. The van der Waals surface area contributed by atoms with Gasteiger partial charge in [0.15, 0.2) is 0 Å². The number of rotatable bonds is 3. The van der Waals surface area contributed by atoms with Crippen molar-refractivity contribution < 1.29 is 0 Å². The van der Waals surface area contributed by atoms with Gasteiger partial charge in [-0.25, -0.2) is 0 Å². The van der Waals surface area contributed by atoms with E-state index in [1.165, 1.54) is 5.69 Å². The molecule has 0 aliphatic rings. The first-order chi connectivity index (χ1) is 5.77. The molecule has 0 aromatic carbocycles. The van der Waals surface area contributed by atoms with Gasteiger partial charge >= 0.3 is 0 Å². The summed E-state index contributed by atoms with van der Waals surface area (Å²) in [5.74, 6) is 0. The van der Waals surface area contributed by atoms with E-state index in [2.05, 4.69) is 35.9 Å². The molecule has 2 heteroatoms. The van der Waals surface area contributed by atoms with Crippen LogP contribution < -0.4 is 4.90 Å². The molecule has 0 unspecified atom stereocenters. The Morgan fingerprint density at radius 1 is 1.33 bits per heavy atom. The molecule has 0 aliphatic heterocycles. The minimum Gasteiger partial charge on any atom is -0.372 e. The van der Waals surface area contributed by atoms with Gasteiger partial charge in [0.05, 0.1) is 0 Å². The molecule has 66 valence electrons. The fourth-order valence-corrected chi connectivity index (χ4v) is 1.32. The van der Waals surface area contributed by atoms with Gasteiger partial charge in [-0.3, -0.25) is 4.98 Å². The topological polar surface area (TPSA) is 16.1 Å². The first-order valence-corrected chi connectivity index (χ1v) is 4.45. The van der Waals surface area contributed by atoms with Crippen LogP contribution in [0.2, 0.25) is 0 Å². The molecule has 12 heavy (non-hydrogen) atoms. The highest BCUT2D eigenvalue weighted by Gasteiger charge is 2.00. The van der Waals surface area contributed by atoms with Gasteiger partial charge in [0.25, 0.3) is 0 Å². The third-order valence-electron chi connectivity index (χ3n) is 2.01. The Labute approximate surface area is 74.2 Å². The quantitative estimate of drug-likeness (QED) is 0.681. The highest BCUT2D eigenvalue weighted by atomic mass is 15.1. The van der Waals surface area contributed by atoms with Gasteiger partial charge in [0, 0.05) is 30.7 Å². The molecule has 0 saturated carbocycles. The second-order valence-corrected chi connectivity index (χ2v) is 2.83. The first-order valence-electron chi connectivity index (χ1n) is 4.45. The zero-order valence-electron chi connectivity index (χ0n) is 8.04. The summed E-state index contributed by atoms with van der Waals surface area (Å²) in [6.07, 6.45) is 1.86. The summed E-state index contributed by atoms with van der Waals surface area (Å²) in [7, 11) is 0. The third-order valence-corrected chi connectivity index (χ3v) is 2.01. The number of nitrogens with zero attached hydrogens (tertiary/aromatic N) is 2. The van der Waals surface area contributed by atoms with Crippen LogP contribution in [0.3, 0.4) is 0 Å². The Hall–Kier alpha value is -1.05. The molecule has 0 spiro atoms. The van der Waals surface area contributed by atoms with Crippen LogP contribution in [0.4, 0.5) is 5.69 Å². The Morgan fingerprint density at radius 3 is 2.50 bits per heavy atom. The minimum absolute atomic E-state index is 1.06. The summed E-state index contributed by atoms with van der Waals surface area (Å²) in [5, 5.41) is 0. The molecule has 0 fully saturated rings. The van der Waals surface area contributed by atoms with Crippen molar-refractivity contribution in [1.29, 1.82) is 0 Å². The summed E-state index contributed by atoms with van der Waals surface area (Å²) in [4.78, 5) is 6.48. The number of anilines is 1. The average Bonchev–Trinajstić information content (AvgIpc) is 2.07. The standard InChI is InChI=1S/C10H16N2/c1-4-12(5-2)10-6-7-11-9(3)8-10/h6-8H,4-5H2,1-3H3. The van der Waals surface area contributed by atoms with Gasteiger partial charge in [0.1, 0.15) is 0 Å². The smallest absolute Gasteiger partial charge is 0.0399 e. The lowest BCUT2D eigenvalue weighted by Gasteiger charge is -2.20. The van der Waals surface area contributed by atoms with E-state index < -0.39 is 0 Å². The van der Waals surface area contributed by atoms with Crippen molar-refractivity contribution in [1.82, 2.24) is 4.98 Å². The molecule has 0 amide bonds. The van der Waals surface area contributed by atoms with Crippen LogP contribution in [-0.4, -0.2) is 18.1 Å². The summed E-state index contributed by atoms with van der Waals surface area (Å²) in [6.45, 7) is 8.46. The Balaban J connectivity index is 2.85. The van der Waals surface area contributed by atoms with E-state index in [4.69, 9.17) is 0 Å². The average molecular weight is 164 g/mol. The molecule has 0 aliphatic carbocycles. The molecule has 0 bridgehead atoms. The van der Waals surface area contributed by atoms with Crippen LogP contribution in [-0.2, 0) is 0 Å². The molecule has 1 heterocycles. The second kappa shape index (κ2) is 4.10. The molecule has 0 radical (unpaired) electrons. The van der Waals surface area contributed by atoms with Crippen LogP contribution in [0, 0.1) is 6.92 Å². The van der Waals surface area contributed by atoms with E-state index in [1.54, 1.807) is 0 Å². The van der Waals surface area contributed by atoms with Crippen molar-refractivity contribution in [3.05, 3.63) is 24.0 Å². The van der Waals surface area contributed by atoms with Crippen molar-refractivity contribution in [2.24, 2.45) is 0 Å². The van der Waals surface area contributed by atoms with E-state index in [9.17, 15) is 0 Å². The van der Waals surface area contributed by atoms with E-state index >= 15 is 0 Å². The van der Waals surface area contributed by atoms with Crippen molar-refractivity contribution in [3.63, 3.8) is 0 Å². The maximum Gasteiger partial charge on any atom is 0.0399 e. The van der Waals surface area contributed by atoms with E-state index in [0.717, 1.165) is 18.8 Å². The number of hydrogen-bond donors (Lipinski definition) is 0. The number of aryl methyl sites for hydroxylation is 1. The van der Waals surface area contributed by atoms with E-state index in [1.807, 2.05) is 13.1 Å². The number of pyridine rings is 1. The van der Waals surface area contributed by atoms with Crippen LogP contribution in [0.15, 0.2) is 18.3 Å². The summed E-state index contributed by atoms with van der Waals surface area (Å²) < 4.78 is 0. The van der Waals surface area contributed by atoms with Gasteiger partial charge in [-0.15, -0.1) is 0 Å². The molecule has 0 atom stereocenters. The molecule has 1 aromatic rings. The summed E-state index contributed by atoms with van der Waals surface area (Å²) in [5.41, 5.74) is 2.35. The largest absolute Gasteiger partial charge is 0.372 e. The zero-order chi connectivity index (χ0) is 8.97. The third kappa shape index (κ3) is 1.97. The molecular formula is C10H16N2. The lowest BCUT2D eigenvalue weighted by atomic mass is 10.3. The number of aromatic nitrogens is 1. The zero-order valence-corrected chi connectivity index (χ0v) is 8.04. The van der Waals surface area contributed by atoms with Crippen LogP contribution in [0.25, 0.3) is 0 Å². The maximum atomic E-state index is 4.16. The monoisotopic (exact) mass is 164 g/mol.